The second kappa shape index (κ2) is 3.91. The van der Waals surface area contributed by atoms with E-state index in [1.54, 1.807) is 0 Å². The molecule has 0 aliphatic carbocycles. The minimum absolute atomic E-state index is 0.0214. The summed E-state index contributed by atoms with van der Waals surface area (Å²) in [5.41, 5.74) is 1.68. The molecule has 0 fully saturated rings. The molecule has 0 aromatic heterocycles. The van der Waals surface area contributed by atoms with E-state index in [4.69, 9.17) is 17.2 Å². The number of aliphatic imine (C=N–C) groups is 1. The monoisotopic (exact) mass is 246 g/mol. The lowest BCUT2D eigenvalue weighted by atomic mass is 9.82. The molecule has 90 valence electrons. The van der Waals surface area contributed by atoms with Gasteiger partial charge in [0.2, 0.25) is 0 Å². The fourth-order valence-corrected chi connectivity index (χ4v) is 2.09. The van der Waals surface area contributed by atoms with Gasteiger partial charge in [0.1, 0.15) is 16.4 Å². The smallest absolute Gasteiger partial charge is 0.133 e. The molecule has 0 saturated heterocycles. The van der Waals surface area contributed by atoms with E-state index in [0.717, 1.165) is 16.3 Å². The van der Waals surface area contributed by atoms with E-state index >= 15 is 0 Å². The first-order valence-electron chi connectivity index (χ1n) is 5.81. The lowest BCUT2D eigenvalue weighted by Crippen LogP contribution is -2.49. The zero-order valence-corrected chi connectivity index (χ0v) is 11.6. The van der Waals surface area contributed by atoms with Gasteiger partial charge < -0.3 is 5.32 Å². The van der Waals surface area contributed by atoms with Gasteiger partial charge in [-0.3, -0.25) is 4.99 Å². The van der Waals surface area contributed by atoms with Gasteiger partial charge in [0, 0.05) is 11.0 Å². The molecular weight excluding hydrogens is 228 g/mol. The molecule has 0 spiro atoms. The Bertz CT molecular complexity index is 471. The first kappa shape index (κ1) is 12.2. The highest BCUT2D eigenvalue weighted by Gasteiger charge is 2.42. The highest BCUT2D eigenvalue weighted by molar-refractivity contribution is 7.82. The predicted molar refractivity (Wildman–Crippen MR) is 76.6 cm³/mol. The van der Waals surface area contributed by atoms with E-state index in [2.05, 4.69) is 33.0 Å². The van der Waals surface area contributed by atoms with Crippen LogP contribution in [0.5, 0.6) is 0 Å². The number of hydrogen-bond acceptors (Lipinski definition) is 2. The maximum atomic E-state index is 5.40. The van der Waals surface area contributed by atoms with Gasteiger partial charge in [0.25, 0.3) is 0 Å². The third kappa shape index (κ3) is 2.12. The molecule has 17 heavy (non-hydrogen) atoms. The normalized spacial score (nSPS) is 24.5. The number of nitrogens with zero attached hydrogens (tertiary/aromatic N) is 1. The number of rotatable bonds is 1. The Morgan fingerprint density at radius 2 is 1.76 bits per heavy atom. The Morgan fingerprint density at radius 3 is 2.24 bits per heavy atom. The third-order valence-corrected chi connectivity index (χ3v) is 3.71. The fraction of sp³-hybridized carbons (Fsp3) is 0.429. The van der Waals surface area contributed by atoms with E-state index in [1.807, 2.05) is 30.3 Å². The van der Waals surface area contributed by atoms with Gasteiger partial charge in [-0.25, -0.2) is 0 Å². The quantitative estimate of drug-likeness (QED) is 0.770. The van der Waals surface area contributed by atoms with Crippen molar-refractivity contribution in [1.29, 1.82) is 0 Å². The van der Waals surface area contributed by atoms with Crippen LogP contribution < -0.4 is 5.32 Å². The second-order valence-corrected chi connectivity index (χ2v) is 6.01. The molecule has 1 aliphatic rings. The molecule has 1 N–H and O–H groups in total. The topological polar surface area (TPSA) is 24.4 Å². The van der Waals surface area contributed by atoms with E-state index in [-0.39, 0.29) is 11.1 Å². The standard InChI is InChI=1S/C14H18N2S/c1-13(2,3)14(4)15-11(12(17)16-14)10-8-6-5-7-9-10/h5-9H,1-4H3,(H,16,17). The summed E-state index contributed by atoms with van der Waals surface area (Å²) in [5.74, 6) is 0. The van der Waals surface area contributed by atoms with Crippen LogP contribution in [0.15, 0.2) is 35.3 Å². The van der Waals surface area contributed by atoms with Crippen molar-refractivity contribution in [3.63, 3.8) is 0 Å². The van der Waals surface area contributed by atoms with Crippen LogP contribution in [-0.4, -0.2) is 16.4 Å². The van der Waals surface area contributed by atoms with Crippen LogP contribution in [0.1, 0.15) is 33.3 Å². The van der Waals surface area contributed by atoms with Gasteiger partial charge in [-0.05, 0) is 6.92 Å². The van der Waals surface area contributed by atoms with Crippen LogP contribution in [0.3, 0.4) is 0 Å². The van der Waals surface area contributed by atoms with Gasteiger partial charge >= 0.3 is 0 Å². The molecular formula is C14H18N2S. The first-order valence-corrected chi connectivity index (χ1v) is 6.22. The van der Waals surface area contributed by atoms with Crippen molar-refractivity contribution in [2.45, 2.75) is 33.4 Å². The average molecular weight is 246 g/mol. The van der Waals surface area contributed by atoms with Crippen LogP contribution in [0.25, 0.3) is 0 Å². The van der Waals surface area contributed by atoms with E-state index < -0.39 is 0 Å². The Hall–Kier alpha value is -1.22. The first-order chi connectivity index (χ1) is 7.83. The van der Waals surface area contributed by atoms with Crippen molar-refractivity contribution in [2.75, 3.05) is 0 Å². The number of benzene rings is 1. The molecule has 0 amide bonds. The Labute approximate surface area is 108 Å². The van der Waals surface area contributed by atoms with Crippen LogP contribution >= 0.6 is 12.2 Å². The van der Waals surface area contributed by atoms with Crippen molar-refractivity contribution < 1.29 is 0 Å². The lowest BCUT2D eigenvalue weighted by molar-refractivity contribution is 0.200. The largest absolute Gasteiger partial charge is 0.350 e. The molecule has 2 rings (SSSR count). The summed E-state index contributed by atoms with van der Waals surface area (Å²) in [5, 5.41) is 3.35. The molecule has 1 aromatic carbocycles. The highest BCUT2D eigenvalue weighted by Crippen LogP contribution is 2.34. The van der Waals surface area contributed by atoms with Crippen molar-refractivity contribution >= 4 is 22.9 Å². The minimum Gasteiger partial charge on any atom is -0.350 e. The molecule has 1 atom stereocenters. The zero-order valence-electron chi connectivity index (χ0n) is 10.7. The van der Waals surface area contributed by atoms with Gasteiger partial charge in [-0.15, -0.1) is 0 Å². The molecule has 3 heteroatoms. The van der Waals surface area contributed by atoms with Crippen LogP contribution in [0.4, 0.5) is 0 Å². The van der Waals surface area contributed by atoms with E-state index in [0.29, 0.717) is 0 Å². The van der Waals surface area contributed by atoms with Crippen molar-refractivity contribution in [3.8, 4) is 0 Å². The molecule has 2 nitrogen and oxygen atoms in total. The maximum absolute atomic E-state index is 5.40. The fourth-order valence-electron chi connectivity index (χ4n) is 1.73. The van der Waals surface area contributed by atoms with Crippen LogP contribution in [0.2, 0.25) is 0 Å². The molecule has 1 unspecified atom stereocenters. The van der Waals surface area contributed by atoms with Gasteiger partial charge in [-0.2, -0.15) is 0 Å². The number of thiocarbonyl (C=S) groups is 1. The summed E-state index contributed by atoms with van der Waals surface area (Å²) in [7, 11) is 0. The van der Waals surface area contributed by atoms with E-state index in [9.17, 15) is 0 Å². The molecule has 1 heterocycles. The number of hydrogen-bond donors (Lipinski definition) is 1. The van der Waals surface area contributed by atoms with Crippen LogP contribution in [0, 0.1) is 5.41 Å². The Morgan fingerprint density at radius 1 is 1.18 bits per heavy atom. The average Bonchev–Trinajstić information content (AvgIpc) is 2.56. The molecule has 0 bridgehead atoms. The van der Waals surface area contributed by atoms with Crippen molar-refractivity contribution in [1.82, 2.24) is 5.32 Å². The molecule has 0 radical (unpaired) electrons. The summed E-state index contributed by atoms with van der Waals surface area (Å²) in [4.78, 5) is 5.55. The molecule has 0 saturated carbocycles. The van der Waals surface area contributed by atoms with E-state index in [1.165, 1.54) is 0 Å². The molecule has 1 aromatic rings. The summed E-state index contributed by atoms with van der Waals surface area (Å²) in [6, 6.07) is 10.1. The van der Waals surface area contributed by atoms with Gasteiger partial charge in [0.15, 0.2) is 0 Å². The van der Waals surface area contributed by atoms with Gasteiger partial charge in [0.05, 0.1) is 0 Å². The van der Waals surface area contributed by atoms with Crippen molar-refractivity contribution in [2.24, 2.45) is 10.4 Å². The number of nitrogens with one attached hydrogen (secondary N) is 1. The summed E-state index contributed by atoms with van der Waals surface area (Å²) in [6.45, 7) is 8.59. The summed E-state index contributed by atoms with van der Waals surface area (Å²) < 4.78 is 0. The lowest BCUT2D eigenvalue weighted by Gasteiger charge is -2.36. The summed E-state index contributed by atoms with van der Waals surface area (Å²) in [6.07, 6.45) is 0. The zero-order chi connectivity index (χ0) is 12.7. The van der Waals surface area contributed by atoms with Gasteiger partial charge in [-0.1, -0.05) is 63.3 Å². The second-order valence-electron chi connectivity index (χ2n) is 5.60. The predicted octanol–water partition coefficient (Wildman–Crippen LogP) is 3.17. The molecule has 1 aliphatic heterocycles. The highest BCUT2D eigenvalue weighted by atomic mass is 32.1. The minimum atomic E-state index is -0.324. The third-order valence-electron chi connectivity index (χ3n) is 3.42. The Kier molecular flexibility index (Phi) is 2.82. The summed E-state index contributed by atoms with van der Waals surface area (Å²) >= 11 is 5.40. The maximum Gasteiger partial charge on any atom is 0.133 e. The SMILES string of the molecule is CC(C)(C)C1(C)N=C(c2ccccc2)C(=S)N1. The van der Waals surface area contributed by atoms with Crippen LogP contribution in [-0.2, 0) is 0 Å². The Balaban J connectivity index is 2.44. The van der Waals surface area contributed by atoms with Crippen molar-refractivity contribution in [3.05, 3.63) is 35.9 Å².